The fraction of sp³-hybridized carbons (Fsp3) is 0.0952. The highest BCUT2D eigenvalue weighted by Crippen LogP contribution is 2.29. The first-order valence-electron chi connectivity index (χ1n) is 8.23. The van der Waals surface area contributed by atoms with Crippen molar-refractivity contribution in [2.75, 3.05) is 0 Å². The van der Waals surface area contributed by atoms with Crippen LogP contribution in [0.1, 0.15) is 22.5 Å². The third kappa shape index (κ3) is 2.95. The molecule has 0 aliphatic carbocycles. The van der Waals surface area contributed by atoms with E-state index in [9.17, 15) is 4.79 Å². The second kappa shape index (κ2) is 6.44. The summed E-state index contributed by atoms with van der Waals surface area (Å²) in [7, 11) is 0. The monoisotopic (exact) mass is 344 g/mol. The summed E-state index contributed by atoms with van der Waals surface area (Å²) < 4.78 is 10.7. The smallest absolute Gasteiger partial charge is 0.363 e. The highest BCUT2D eigenvalue weighted by atomic mass is 16.6. The molecule has 0 saturated carbocycles. The van der Waals surface area contributed by atoms with Gasteiger partial charge in [0.2, 0.25) is 5.90 Å². The normalized spacial score (nSPS) is 15.2. The predicted octanol–water partition coefficient (Wildman–Crippen LogP) is 4.30. The highest BCUT2D eigenvalue weighted by Gasteiger charge is 2.30. The lowest BCUT2D eigenvalue weighted by molar-refractivity contribution is -0.129. The Hall–Kier alpha value is -3.47. The van der Waals surface area contributed by atoms with Crippen molar-refractivity contribution in [3.8, 4) is 11.3 Å². The van der Waals surface area contributed by atoms with Crippen molar-refractivity contribution < 1.29 is 14.1 Å². The van der Waals surface area contributed by atoms with Crippen LogP contribution in [-0.2, 0) is 9.53 Å². The van der Waals surface area contributed by atoms with E-state index in [-0.39, 0.29) is 11.6 Å². The molecule has 5 heteroatoms. The van der Waals surface area contributed by atoms with E-state index in [1.807, 2.05) is 61.5 Å². The van der Waals surface area contributed by atoms with Gasteiger partial charge in [-0.3, -0.25) is 0 Å². The van der Waals surface area contributed by atoms with Crippen LogP contribution in [0.5, 0.6) is 0 Å². The van der Waals surface area contributed by atoms with Crippen LogP contribution >= 0.6 is 0 Å². The lowest BCUT2D eigenvalue weighted by Gasteiger charge is -2.01. The summed E-state index contributed by atoms with van der Waals surface area (Å²) in [5.41, 5.74) is 4.36. The topological polar surface area (TPSA) is 64.7 Å². The Morgan fingerprint density at radius 2 is 1.69 bits per heavy atom. The van der Waals surface area contributed by atoms with Crippen LogP contribution in [0.4, 0.5) is 0 Å². The Balaban J connectivity index is 1.75. The number of esters is 1. The van der Waals surface area contributed by atoms with E-state index >= 15 is 0 Å². The molecule has 3 aromatic rings. The SMILES string of the molecule is Cc1ccc(C=C2N=C(c3c(-c4ccccc4)noc3C)OC2=O)cc1. The van der Waals surface area contributed by atoms with E-state index in [0.29, 0.717) is 17.0 Å². The molecule has 0 bridgehead atoms. The van der Waals surface area contributed by atoms with Gasteiger partial charge in [-0.2, -0.15) is 0 Å². The Bertz CT molecular complexity index is 1030. The second-order valence-electron chi connectivity index (χ2n) is 6.08. The Labute approximate surface area is 150 Å². The van der Waals surface area contributed by atoms with Crippen LogP contribution in [0.3, 0.4) is 0 Å². The van der Waals surface area contributed by atoms with Gasteiger partial charge in [0.05, 0.1) is 0 Å². The van der Waals surface area contributed by atoms with Crippen molar-refractivity contribution >= 4 is 17.9 Å². The average Bonchev–Trinajstić information content (AvgIpc) is 3.20. The molecule has 1 aliphatic rings. The van der Waals surface area contributed by atoms with Gasteiger partial charge in [-0.1, -0.05) is 65.3 Å². The minimum Gasteiger partial charge on any atom is -0.402 e. The summed E-state index contributed by atoms with van der Waals surface area (Å²) in [4.78, 5) is 16.6. The zero-order valence-electron chi connectivity index (χ0n) is 14.4. The quantitative estimate of drug-likeness (QED) is 0.525. The molecule has 0 saturated heterocycles. The van der Waals surface area contributed by atoms with E-state index in [2.05, 4.69) is 10.1 Å². The number of rotatable bonds is 3. The molecule has 0 spiro atoms. The molecule has 0 atom stereocenters. The third-order valence-electron chi connectivity index (χ3n) is 4.13. The minimum absolute atomic E-state index is 0.214. The van der Waals surface area contributed by atoms with Gasteiger partial charge in [-0.25, -0.2) is 9.79 Å². The fourth-order valence-corrected chi connectivity index (χ4v) is 2.75. The molecule has 0 amide bonds. The van der Waals surface area contributed by atoms with Crippen LogP contribution in [0.15, 0.2) is 69.8 Å². The van der Waals surface area contributed by atoms with Crippen LogP contribution in [-0.4, -0.2) is 17.0 Å². The van der Waals surface area contributed by atoms with E-state index in [4.69, 9.17) is 9.26 Å². The van der Waals surface area contributed by atoms with Gasteiger partial charge < -0.3 is 9.26 Å². The minimum atomic E-state index is -0.486. The number of ether oxygens (including phenoxy) is 1. The van der Waals surface area contributed by atoms with Gasteiger partial charge in [0.1, 0.15) is 17.0 Å². The van der Waals surface area contributed by atoms with Gasteiger partial charge in [0.25, 0.3) is 0 Å². The first kappa shape index (κ1) is 16.0. The summed E-state index contributed by atoms with van der Waals surface area (Å²) in [5.74, 6) is 0.276. The van der Waals surface area contributed by atoms with Gasteiger partial charge in [-0.15, -0.1) is 0 Å². The number of carbonyl (C=O) groups is 1. The second-order valence-corrected chi connectivity index (χ2v) is 6.08. The van der Waals surface area contributed by atoms with Crippen LogP contribution in [0.25, 0.3) is 17.3 Å². The number of hydrogen-bond donors (Lipinski definition) is 0. The van der Waals surface area contributed by atoms with Crippen molar-refractivity contribution in [2.24, 2.45) is 4.99 Å². The third-order valence-corrected chi connectivity index (χ3v) is 4.13. The fourth-order valence-electron chi connectivity index (χ4n) is 2.75. The molecule has 5 nitrogen and oxygen atoms in total. The number of carbonyl (C=O) groups excluding carboxylic acids is 1. The molecular formula is C21H16N2O3. The summed E-state index contributed by atoms with van der Waals surface area (Å²) in [6.07, 6.45) is 1.71. The molecule has 128 valence electrons. The molecule has 1 aromatic heterocycles. The predicted molar refractivity (Wildman–Crippen MR) is 98.5 cm³/mol. The molecule has 1 aliphatic heterocycles. The first-order valence-corrected chi connectivity index (χ1v) is 8.23. The molecule has 0 unspecified atom stereocenters. The molecule has 0 N–H and O–H groups in total. The standard InChI is InChI=1S/C21H16N2O3/c1-13-8-10-15(11-9-13)12-17-21(24)25-20(22-17)18-14(2)26-23-19(18)16-6-4-3-5-7-16/h3-12H,1-2H3. The van der Waals surface area contributed by atoms with Crippen LogP contribution in [0.2, 0.25) is 0 Å². The van der Waals surface area contributed by atoms with E-state index in [1.54, 1.807) is 13.0 Å². The lowest BCUT2D eigenvalue weighted by Crippen LogP contribution is -2.07. The molecular weight excluding hydrogens is 328 g/mol. The van der Waals surface area contributed by atoms with Crippen LogP contribution in [0, 0.1) is 13.8 Å². The zero-order valence-corrected chi connectivity index (χ0v) is 14.4. The number of aryl methyl sites for hydroxylation is 2. The highest BCUT2D eigenvalue weighted by molar-refractivity contribution is 6.15. The van der Waals surface area contributed by atoms with Gasteiger partial charge in [0.15, 0.2) is 5.70 Å². The number of cyclic esters (lactones) is 1. The van der Waals surface area contributed by atoms with Crippen molar-refractivity contribution in [1.29, 1.82) is 0 Å². The number of aliphatic imine (C=N–C) groups is 1. The number of nitrogens with zero attached hydrogens (tertiary/aromatic N) is 2. The van der Waals surface area contributed by atoms with E-state index < -0.39 is 5.97 Å². The Kier molecular flexibility index (Phi) is 3.97. The van der Waals surface area contributed by atoms with Crippen molar-refractivity contribution in [3.05, 3.63) is 82.7 Å². The summed E-state index contributed by atoms with van der Waals surface area (Å²) in [6, 6.07) is 17.4. The van der Waals surface area contributed by atoms with Crippen molar-refractivity contribution in [1.82, 2.24) is 5.16 Å². The van der Waals surface area contributed by atoms with Crippen LogP contribution < -0.4 is 0 Å². The summed E-state index contributed by atoms with van der Waals surface area (Å²) in [6.45, 7) is 3.78. The summed E-state index contributed by atoms with van der Waals surface area (Å²) in [5, 5.41) is 4.11. The molecule has 0 radical (unpaired) electrons. The molecule has 2 aromatic carbocycles. The molecule has 26 heavy (non-hydrogen) atoms. The number of aromatic nitrogens is 1. The molecule has 0 fully saturated rings. The first-order chi connectivity index (χ1) is 12.6. The average molecular weight is 344 g/mol. The maximum absolute atomic E-state index is 12.3. The lowest BCUT2D eigenvalue weighted by atomic mass is 10.1. The van der Waals surface area contributed by atoms with E-state index in [0.717, 1.165) is 16.7 Å². The van der Waals surface area contributed by atoms with Gasteiger partial charge in [0, 0.05) is 5.56 Å². The van der Waals surface area contributed by atoms with Gasteiger partial charge in [-0.05, 0) is 25.5 Å². The Morgan fingerprint density at radius 1 is 0.962 bits per heavy atom. The Morgan fingerprint density at radius 3 is 2.42 bits per heavy atom. The van der Waals surface area contributed by atoms with Crippen molar-refractivity contribution in [2.45, 2.75) is 13.8 Å². The maximum Gasteiger partial charge on any atom is 0.363 e. The largest absolute Gasteiger partial charge is 0.402 e. The summed E-state index contributed by atoms with van der Waals surface area (Å²) >= 11 is 0. The van der Waals surface area contributed by atoms with E-state index in [1.165, 1.54) is 0 Å². The number of benzene rings is 2. The zero-order chi connectivity index (χ0) is 18.1. The molecule has 2 heterocycles. The maximum atomic E-state index is 12.3. The molecule has 4 rings (SSSR count). The van der Waals surface area contributed by atoms with Crippen molar-refractivity contribution in [3.63, 3.8) is 0 Å². The van der Waals surface area contributed by atoms with Gasteiger partial charge >= 0.3 is 5.97 Å². The number of hydrogen-bond acceptors (Lipinski definition) is 5.